The van der Waals surface area contributed by atoms with E-state index in [4.69, 9.17) is 9.97 Å². The van der Waals surface area contributed by atoms with Crippen LogP contribution in [0, 0.1) is 0 Å². The molecule has 0 saturated heterocycles. The van der Waals surface area contributed by atoms with E-state index >= 15 is 0 Å². The Hall–Kier alpha value is -11.9. The van der Waals surface area contributed by atoms with Gasteiger partial charge in [0.25, 0.3) is 0 Å². The van der Waals surface area contributed by atoms with Gasteiger partial charge in [0.1, 0.15) is 0 Å². The first-order valence-electron chi connectivity index (χ1n) is 30.0. The van der Waals surface area contributed by atoms with Gasteiger partial charge in [-0.25, -0.2) is 9.97 Å². The number of para-hydroxylation sites is 8. The fourth-order valence-corrected chi connectivity index (χ4v) is 13.9. The molecule has 0 aliphatic rings. The van der Waals surface area contributed by atoms with Crippen molar-refractivity contribution in [3.05, 3.63) is 315 Å². The highest BCUT2D eigenvalue weighted by Gasteiger charge is 2.22. The Morgan fingerprint density at radius 3 is 0.773 bits per heavy atom. The third kappa shape index (κ3) is 7.89. The number of nitrogens with zero attached hydrogens (tertiary/aromatic N) is 6. The van der Waals surface area contributed by atoms with Gasteiger partial charge in [-0.3, -0.25) is 0 Å². The van der Waals surface area contributed by atoms with Crippen LogP contribution < -0.4 is 0 Å². The van der Waals surface area contributed by atoms with Crippen LogP contribution in [-0.2, 0) is 0 Å². The van der Waals surface area contributed by atoms with E-state index in [1.807, 2.05) is 0 Å². The number of pyridine rings is 2. The van der Waals surface area contributed by atoms with E-state index in [2.05, 4.69) is 334 Å². The minimum absolute atomic E-state index is 0.771. The van der Waals surface area contributed by atoms with Crippen molar-refractivity contribution in [1.29, 1.82) is 0 Å². The zero-order valence-electron chi connectivity index (χ0n) is 47.7. The molecule has 410 valence electrons. The summed E-state index contributed by atoms with van der Waals surface area (Å²) < 4.78 is 9.52. The molecular formula is C82H52N6. The Balaban J connectivity index is 0.893. The topological polar surface area (TPSA) is 45.5 Å². The fourth-order valence-electron chi connectivity index (χ4n) is 13.9. The van der Waals surface area contributed by atoms with Crippen LogP contribution in [0.25, 0.3) is 166 Å². The Kier molecular flexibility index (Phi) is 11.2. The summed E-state index contributed by atoms with van der Waals surface area (Å²) in [6, 6.07) is 114. The molecule has 0 radical (unpaired) electrons. The largest absolute Gasteiger partial charge is 0.309 e. The third-order valence-electron chi connectivity index (χ3n) is 17.9. The van der Waals surface area contributed by atoms with Gasteiger partial charge in [0.2, 0.25) is 0 Å². The summed E-state index contributed by atoms with van der Waals surface area (Å²) in [6.07, 6.45) is 0. The number of hydrogen-bond acceptors (Lipinski definition) is 2. The third-order valence-corrected chi connectivity index (χ3v) is 17.9. The summed E-state index contributed by atoms with van der Waals surface area (Å²) in [4.78, 5) is 11.5. The van der Waals surface area contributed by atoms with Crippen molar-refractivity contribution in [1.82, 2.24) is 28.2 Å². The summed E-state index contributed by atoms with van der Waals surface area (Å²) in [6.45, 7) is 0. The lowest BCUT2D eigenvalue weighted by Crippen LogP contribution is -1.97. The average Bonchev–Trinajstić information content (AvgIpc) is 1.73. The van der Waals surface area contributed by atoms with Crippen LogP contribution in [0.2, 0.25) is 0 Å². The standard InChI is InChI=1S/C82H52N6/c1-5-21-59(22-6-1)85-77-35-19-15-31-65(77)69-45-53(39-43-79(69)85)57-47-71(55-37-41-67-63-29-13-17-33-75(63)87(81(67)51-55)61-25-9-3-10-26-61)83-73(49-57)74-50-58(54-40-44-80-70(46-54)66-32-16-20-36-78(66)86(80)60-23-7-2-8-24-60)48-72(84-74)56-38-42-68-64-30-14-18-34-76(64)88(82(68)52-56)62-27-11-4-12-28-62/h1-52H. The second-order valence-corrected chi connectivity index (χ2v) is 22.9. The lowest BCUT2D eigenvalue weighted by atomic mass is 9.97. The van der Waals surface area contributed by atoms with E-state index in [9.17, 15) is 0 Å². The van der Waals surface area contributed by atoms with Crippen LogP contribution in [0.15, 0.2) is 315 Å². The van der Waals surface area contributed by atoms with Gasteiger partial charge in [-0.1, -0.05) is 182 Å². The molecule has 88 heavy (non-hydrogen) atoms. The first-order chi connectivity index (χ1) is 43.6. The zero-order valence-corrected chi connectivity index (χ0v) is 47.7. The molecule has 18 rings (SSSR count). The summed E-state index contributed by atoms with van der Waals surface area (Å²) in [5, 5.41) is 9.54. The van der Waals surface area contributed by atoms with Gasteiger partial charge in [-0.2, -0.15) is 0 Å². The van der Waals surface area contributed by atoms with Gasteiger partial charge in [0.05, 0.1) is 66.9 Å². The minimum Gasteiger partial charge on any atom is -0.309 e. The highest BCUT2D eigenvalue weighted by Crippen LogP contribution is 2.43. The highest BCUT2D eigenvalue weighted by atomic mass is 15.0. The molecule has 6 heteroatoms. The van der Waals surface area contributed by atoms with Gasteiger partial charge in [0.15, 0.2) is 0 Å². The predicted octanol–water partition coefficient (Wildman–Crippen LogP) is 21.2. The smallest absolute Gasteiger partial charge is 0.0900 e. The maximum atomic E-state index is 5.77. The van der Waals surface area contributed by atoms with Crippen LogP contribution in [0.5, 0.6) is 0 Å². The van der Waals surface area contributed by atoms with Gasteiger partial charge < -0.3 is 18.3 Å². The molecule has 0 aliphatic heterocycles. The summed E-state index contributed by atoms with van der Waals surface area (Å²) in [5.74, 6) is 0. The van der Waals surface area contributed by atoms with Crippen molar-refractivity contribution < 1.29 is 0 Å². The van der Waals surface area contributed by atoms with Crippen molar-refractivity contribution in [3.8, 4) is 78.9 Å². The van der Waals surface area contributed by atoms with E-state index in [1.165, 1.54) is 43.1 Å². The molecule has 0 saturated carbocycles. The monoisotopic (exact) mass is 1120 g/mol. The highest BCUT2D eigenvalue weighted by molar-refractivity contribution is 6.14. The maximum Gasteiger partial charge on any atom is 0.0900 e. The molecule has 0 amide bonds. The summed E-state index contributed by atoms with van der Waals surface area (Å²) in [5.41, 5.74) is 23.2. The Labute approximate surface area is 507 Å². The van der Waals surface area contributed by atoms with Crippen molar-refractivity contribution in [2.75, 3.05) is 0 Å². The molecule has 6 aromatic heterocycles. The van der Waals surface area contributed by atoms with Gasteiger partial charge in [0, 0.05) is 77.0 Å². The van der Waals surface area contributed by atoms with Gasteiger partial charge in [-0.05, 0) is 156 Å². The molecule has 6 nitrogen and oxygen atoms in total. The minimum atomic E-state index is 0.771. The van der Waals surface area contributed by atoms with E-state index in [-0.39, 0.29) is 0 Å². The van der Waals surface area contributed by atoms with Crippen LogP contribution in [-0.4, -0.2) is 28.2 Å². The second kappa shape index (κ2) is 19.9. The molecule has 0 bridgehead atoms. The molecule has 12 aromatic carbocycles. The predicted molar refractivity (Wildman–Crippen MR) is 367 cm³/mol. The number of benzene rings is 12. The quantitative estimate of drug-likeness (QED) is 0.145. The molecule has 0 atom stereocenters. The van der Waals surface area contributed by atoms with Gasteiger partial charge in [-0.15, -0.1) is 0 Å². The SMILES string of the molecule is c1ccc(-n2c3ccccc3c3cc(-c4cc(-c5ccc6c7ccccc7n(-c7ccccc7)c6c5)nc(-c5cc(-c6ccc7c(c6)c6ccccc6n7-c6ccccc6)cc(-c6ccc7c8ccccc8n(-c8ccccc8)c7c6)n5)c4)ccc32)cc1. The Morgan fingerprint density at radius 2 is 0.420 bits per heavy atom. The van der Waals surface area contributed by atoms with E-state index in [0.29, 0.717) is 0 Å². The van der Waals surface area contributed by atoms with Crippen LogP contribution >= 0.6 is 0 Å². The van der Waals surface area contributed by atoms with Crippen LogP contribution in [0.3, 0.4) is 0 Å². The molecular weight excluding hydrogens is 1070 g/mol. The van der Waals surface area contributed by atoms with Crippen LogP contribution in [0.1, 0.15) is 0 Å². The fraction of sp³-hybridized carbons (Fsp3) is 0. The number of fused-ring (bicyclic) bond motifs is 12. The maximum absolute atomic E-state index is 5.77. The van der Waals surface area contributed by atoms with Gasteiger partial charge >= 0.3 is 0 Å². The molecule has 0 unspecified atom stereocenters. The number of aromatic nitrogens is 6. The van der Waals surface area contributed by atoms with Crippen LogP contribution in [0.4, 0.5) is 0 Å². The first kappa shape index (κ1) is 49.6. The molecule has 0 N–H and O–H groups in total. The van der Waals surface area contributed by atoms with Crippen molar-refractivity contribution in [3.63, 3.8) is 0 Å². The molecule has 0 aliphatic carbocycles. The Morgan fingerprint density at radius 1 is 0.159 bits per heavy atom. The zero-order chi connectivity index (χ0) is 57.8. The van der Waals surface area contributed by atoms with E-state index in [0.717, 1.165) is 123 Å². The molecule has 0 fully saturated rings. The lowest BCUT2D eigenvalue weighted by Gasteiger charge is -2.14. The van der Waals surface area contributed by atoms with Crippen molar-refractivity contribution in [2.45, 2.75) is 0 Å². The van der Waals surface area contributed by atoms with E-state index in [1.54, 1.807) is 0 Å². The van der Waals surface area contributed by atoms with Crippen molar-refractivity contribution >= 4 is 87.2 Å². The summed E-state index contributed by atoms with van der Waals surface area (Å²) in [7, 11) is 0. The second-order valence-electron chi connectivity index (χ2n) is 22.9. The number of rotatable bonds is 9. The first-order valence-corrected chi connectivity index (χ1v) is 30.0. The Bertz CT molecular complexity index is 5430. The molecule has 0 spiro atoms. The lowest BCUT2D eigenvalue weighted by molar-refractivity contribution is 1.18. The molecule has 18 aromatic rings. The van der Waals surface area contributed by atoms with E-state index < -0.39 is 0 Å². The average molecular weight is 1120 g/mol. The molecule has 6 heterocycles. The van der Waals surface area contributed by atoms with Crippen molar-refractivity contribution in [2.24, 2.45) is 0 Å². The normalized spacial score (nSPS) is 11.9. The number of hydrogen-bond donors (Lipinski definition) is 0. The summed E-state index contributed by atoms with van der Waals surface area (Å²) >= 11 is 0.